The molecule has 4 amide bonds. The third-order valence-electron chi connectivity index (χ3n) is 5.80. The molecular formula is C24H23F5N4O4. The molecule has 3 rings (SSSR count). The predicted octanol–water partition coefficient (Wildman–Crippen LogP) is 2.74. The molecule has 0 spiro atoms. The van der Waals surface area contributed by atoms with E-state index in [4.69, 9.17) is 0 Å². The lowest BCUT2D eigenvalue weighted by atomic mass is 10.1. The number of fused-ring (bicyclic) bond motifs is 1. The maximum Gasteiger partial charge on any atom is 0.455 e. The first-order valence-electron chi connectivity index (χ1n) is 11.0. The lowest BCUT2D eigenvalue weighted by Gasteiger charge is -2.26. The van der Waals surface area contributed by atoms with Gasteiger partial charge in [0.1, 0.15) is 12.0 Å². The van der Waals surface area contributed by atoms with Crippen LogP contribution < -0.4 is 20.4 Å². The highest BCUT2D eigenvalue weighted by Crippen LogP contribution is 2.35. The largest absolute Gasteiger partial charge is 0.455 e. The molecule has 8 nitrogen and oxygen atoms in total. The Bertz CT molecular complexity index is 1190. The van der Waals surface area contributed by atoms with Crippen molar-refractivity contribution in [3.63, 3.8) is 0 Å². The number of hydrogen-bond acceptors (Lipinski definition) is 4. The smallest absolute Gasteiger partial charge is 0.349 e. The Hall–Kier alpha value is -4.03. The number of amides is 4. The second-order valence-corrected chi connectivity index (χ2v) is 8.37. The molecule has 1 heterocycles. The van der Waals surface area contributed by atoms with Crippen molar-refractivity contribution in [2.45, 2.75) is 25.1 Å². The lowest BCUT2D eigenvalue weighted by Crippen LogP contribution is -2.55. The molecule has 0 fully saturated rings. The van der Waals surface area contributed by atoms with Crippen LogP contribution >= 0.6 is 0 Å². The minimum atomic E-state index is -5.88. The van der Waals surface area contributed by atoms with Gasteiger partial charge >= 0.3 is 12.1 Å². The van der Waals surface area contributed by atoms with Crippen molar-refractivity contribution >= 4 is 35.0 Å². The van der Waals surface area contributed by atoms with E-state index in [-0.39, 0.29) is 6.54 Å². The van der Waals surface area contributed by atoms with Crippen LogP contribution in [-0.4, -0.2) is 61.9 Å². The molecule has 1 unspecified atom stereocenters. The number of likely N-dealkylation sites (N-methyl/N-ethyl adjacent to an activating group) is 1. The normalized spacial score (nSPS) is 16.9. The average Bonchev–Trinajstić information content (AvgIpc) is 2.97. The summed E-state index contributed by atoms with van der Waals surface area (Å²) in [4.78, 5) is 53.8. The van der Waals surface area contributed by atoms with E-state index >= 15 is 0 Å². The van der Waals surface area contributed by atoms with Gasteiger partial charge in [-0.3, -0.25) is 19.2 Å². The third kappa shape index (κ3) is 5.87. The van der Waals surface area contributed by atoms with Crippen molar-refractivity contribution in [3.05, 3.63) is 60.2 Å². The van der Waals surface area contributed by atoms with Gasteiger partial charge in [0.2, 0.25) is 11.8 Å². The van der Waals surface area contributed by atoms with E-state index in [9.17, 15) is 41.1 Å². The summed E-state index contributed by atoms with van der Waals surface area (Å²) in [5, 5.41) is 3.74. The first-order chi connectivity index (χ1) is 17.2. The molecule has 37 heavy (non-hydrogen) atoms. The Morgan fingerprint density at radius 3 is 2.11 bits per heavy atom. The van der Waals surface area contributed by atoms with Crippen molar-refractivity contribution in [2.24, 2.45) is 5.92 Å². The number of carbonyl (C=O) groups is 4. The fourth-order valence-corrected chi connectivity index (χ4v) is 3.59. The highest BCUT2D eigenvalue weighted by Gasteiger charge is 2.57. The highest BCUT2D eigenvalue weighted by molar-refractivity contribution is 6.13. The Morgan fingerprint density at radius 1 is 0.946 bits per heavy atom. The molecule has 0 radical (unpaired) electrons. The van der Waals surface area contributed by atoms with Crippen molar-refractivity contribution in [3.8, 4) is 0 Å². The molecule has 2 aromatic carbocycles. The van der Waals surface area contributed by atoms with Crippen LogP contribution in [0.5, 0.6) is 0 Å². The summed E-state index contributed by atoms with van der Waals surface area (Å²) < 4.78 is 63.3. The van der Waals surface area contributed by atoms with Crippen LogP contribution in [0.4, 0.5) is 33.3 Å². The zero-order valence-electron chi connectivity index (χ0n) is 19.7. The maximum atomic E-state index is 13.3. The van der Waals surface area contributed by atoms with Crippen LogP contribution in [0.1, 0.15) is 17.3 Å². The summed E-state index contributed by atoms with van der Waals surface area (Å²) in [5.74, 6) is -10.5. The lowest BCUT2D eigenvalue weighted by molar-refractivity contribution is -0.278. The van der Waals surface area contributed by atoms with Gasteiger partial charge in [-0.25, -0.2) is 0 Å². The van der Waals surface area contributed by atoms with Crippen molar-refractivity contribution in [1.82, 2.24) is 10.6 Å². The van der Waals surface area contributed by atoms with E-state index in [1.807, 2.05) is 0 Å². The van der Waals surface area contributed by atoms with Gasteiger partial charge < -0.3 is 20.4 Å². The first kappa shape index (κ1) is 27.6. The molecule has 1 aliphatic heterocycles. The van der Waals surface area contributed by atoms with Gasteiger partial charge in [0.15, 0.2) is 0 Å². The van der Waals surface area contributed by atoms with E-state index < -0.39 is 54.2 Å². The third-order valence-corrected chi connectivity index (χ3v) is 5.80. The number of nitrogens with one attached hydrogen (secondary N) is 2. The zero-order valence-corrected chi connectivity index (χ0v) is 19.7. The number of benzene rings is 2. The quantitative estimate of drug-likeness (QED) is 0.447. The fraction of sp³-hybridized carbons (Fsp3) is 0.333. The first-order valence-corrected chi connectivity index (χ1v) is 11.0. The molecule has 0 aliphatic carbocycles. The number of rotatable bonds is 6. The molecule has 198 valence electrons. The number of hydrogen-bond donors (Lipinski definition) is 2. The van der Waals surface area contributed by atoms with Crippen molar-refractivity contribution in [1.29, 1.82) is 0 Å². The monoisotopic (exact) mass is 526 g/mol. The molecule has 1 aliphatic rings. The standard InChI is InChI=1S/C24H23F5N4O4/c1-14(19(34)30-13-23(25,26)24(27,28)29)20(35)31-16-12-33(21(36)15-8-4-3-5-9-15)18-11-7-6-10-17(18)32(2)22(16)37/h3-11,14,16H,12-13H2,1-2H3,(H,30,34)(H,31,35)/t14?,16-/m0/s1. The fourth-order valence-electron chi connectivity index (χ4n) is 3.59. The number of anilines is 2. The summed E-state index contributed by atoms with van der Waals surface area (Å²) >= 11 is 0. The molecule has 2 N–H and O–H groups in total. The highest BCUT2D eigenvalue weighted by atomic mass is 19.4. The molecule has 0 saturated heterocycles. The van der Waals surface area contributed by atoms with Crippen LogP contribution in [0.25, 0.3) is 0 Å². The van der Waals surface area contributed by atoms with Gasteiger partial charge in [-0.05, 0) is 31.2 Å². The number of alkyl halides is 5. The summed E-state index contributed by atoms with van der Waals surface area (Å²) in [6, 6.07) is 13.3. The van der Waals surface area contributed by atoms with Crippen molar-refractivity contribution < 1.29 is 41.1 Å². The van der Waals surface area contributed by atoms with Crippen LogP contribution in [0.2, 0.25) is 0 Å². The molecule has 0 bridgehead atoms. The molecule has 0 aromatic heterocycles. The zero-order chi connectivity index (χ0) is 27.5. The second kappa shape index (κ2) is 10.5. The topological polar surface area (TPSA) is 98.8 Å². The van der Waals surface area contributed by atoms with E-state index in [1.54, 1.807) is 54.6 Å². The average molecular weight is 526 g/mol. The summed E-state index contributed by atoms with van der Waals surface area (Å²) in [6.45, 7) is -1.39. The Morgan fingerprint density at radius 2 is 1.51 bits per heavy atom. The van der Waals surface area contributed by atoms with E-state index in [2.05, 4.69) is 5.32 Å². The SMILES string of the molecule is CC(C(=O)NCC(F)(F)C(F)(F)F)C(=O)N[C@H]1CN(C(=O)c2ccccc2)c2ccccc2N(C)C1=O. The number of nitrogens with zero attached hydrogens (tertiary/aromatic N) is 2. The van der Waals surface area contributed by atoms with E-state index in [0.717, 1.165) is 6.92 Å². The summed E-state index contributed by atoms with van der Waals surface area (Å²) in [6.07, 6.45) is -5.88. The Labute approximate surface area is 208 Å². The Balaban J connectivity index is 1.81. The van der Waals surface area contributed by atoms with Gasteiger partial charge in [-0.2, -0.15) is 22.0 Å². The van der Waals surface area contributed by atoms with Gasteiger partial charge in [-0.15, -0.1) is 0 Å². The van der Waals surface area contributed by atoms with Crippen LogP contribution in [0.3, 0.4) is 0 Å². The minimum absolute atomic E-state index is 0.303. The van der Waals surface area contributed by atoms with Gasteiger partial charge in [0.25, 0.3) is 11.8 Å². The van der Waals surface area contributed by atoms with Crippen LogP contribution in [-0.2, 0) is 14.4 Å². The van der Waals surface area contributed by atoms with Crippen molar-refractivity contribution in [2.75, 3.05) is 29.9 Å². The van der Waals surface area contributed by atoms with Gasteiger partial charge in [-0.1, -0.05) is 30.3 Å². The van der Waals surface area contributed by atoms with Crippen LogP contribution in [0.15, 0.2) is 54.6 Å². The number of para-hydroxylation sites is 2. The van der Waals surface area contributed by atoms with Gasteiger partial charge in [0, 0.05) is 12.6 Å². The molecule has 2 aromatic rings. The second-order valence-electron chi connectivity index (χ2n) is 8.37. The number of halogens is 5. The molecule has 2 atom stereocenters. The molecule has 0 saturated carbocycles. The van der Waals surface area contributed by atoms with E-state index in [0.29, 0.717) is 16.9 Å². The summed E-state index contributed by atoms with van der Waals surface area (Å²) in [5.41, 5.74) is 1.05. The maximum absolute atomic E-state index is 13.3. The van der Waals surface area contributed by atoms with Gasteiger partial charge in [0.05, 0.1) is 24.5 Å². The minimum Gasteiger partial charge on any atom is -0.349 e. The van der Waals surface area contributed by atoms with Crippen LogP contribution in [0, 0.1) is 5.92 Å². The van der Waals surface area contributed by atoms with E-state index in [1.165, 1.54) is 22.2 Å². The molecule has 13 heteroatoms. The Kier molecular flexibility index (Phi) is 7.84. The predicted molar refractivity (Wildman–Crippen MR) is 123 cm³/mol. The summed E-state index contributed by atoms with van der Waals surface area (Å²) in [7, 11) is 1.42. The number of carbonyl (C=O) groups excluding carboxylic acids is 4. The molecular weight excluding hydrogens is 503 g/mol.